The van der Waals surface area contributed by atoms with E-state index in [1.807, 2.05) is 55.4 Å². The minimum atomic E-state index is -0.203. The summed E-state index contributed by atoms with van der Waals surface area (Å²) in [6, 6.07) is 15.7. The second-order valence-electron chi connectivity index (χ2n) is 12.0. The first-order chi connectivity index (χ1) is 19.5. The summed E-state index contributed by atoms with van der Waals surface area (Å²) < 4.78 is 1.75. The average molecular weight is 595 g/mol. The highest BCUT2D eigenvalue weighted by molar-refractivity contribution is 6.35. The Hall–Kier alpha value is -3.36. The van der Waals surface area contributed by atoms with E-state index in [2.05, 4.69) is 31.4 Å². The van der Waals surface area contributed by atoms with Gasteiger partial charge >= 0.3 is 0 Å². The fraction of sp³-hybridized carbons (Fsp3) is 0.419. The number of aromatic nitrogens is 4. The highest BCUT2D eigenvalue weighted by atomic mass is 35.5. The predicted octanol–water partition coefficient (Wildman–Crippen LogP) is 6.70. The first kappa shape index (κ1) is 29.1. The number of nitrogens with one attached hydrogen (secondary N) is 2. The standard InChI is InChI=1S/C31H37Cl2N7O/c1-31(2,3)27-17-26(40(38-27)18-19-10-11-20(32)16-24(19)33)29(41)34-21-12-14-22(15-13-21)35-30-36-25-9-7-6-8-23(25)28(37-30)39(4)5/h6-11,16-17,21-22H,12-15,18H2,1-5H3,(H,34,41)(H,35,36,37)/t21-,22+. The molecule has 10 heteroatoms. The number of amides is 1. The molecule has 0 radical (unpaired) electrons. The highest BCUT2D eigenvalue weighted by Gasteiger charge is 2.27. The number of benzene rings is 2. The summed E-state index contributed by atoms with van der Waals surface area (Å²) in [4.78, 5) is 25.1. The lowest BCUT2D eigenvalue weighted by Gasteiger charge is -2.30. The molecule has 0 bridgehead atoms. The SMILES string of the molecule is CN(C)c1nc(N[C@H]2CC[C@@H](NC(=O)c3cc(C(C)(C)C)nn3Cc3ccc(Cl)cc3Cl)CC2)nc2ccccc12. The number of fused-ring (bicyclic) bond motifs is 1. The summed E-state index contributed by atoms with van der Waals surface area (Å²) in [6.07, 6.45) is 3.54. The summed E-state index contributed by atoms with van der Waals surface area (Å²) in [5.41, 5.74) is 2.95. The van der Waals surface area contributed by atoms with Crippen LogP contribution in [0.25, 0.3) is 10.9 Å². The van der Waals surface area contributed by atoms with Gasteiger partial charge in [0.2, 0.25) is 5.95 Å². The van der Waals surface area contributed by atoms with Gasteiger partial charge in [-0.2, -0.15) is 10.1 Å². The minimum absolute atomic E-state index is 0.0796. The van der Waals surface area contributed by atoms with E-state index < -0.39 is 0 Å². The molecule has 1 amide bonds. The topological polar surface area (TPSA) is 88.0 Å². The number of carbonyl (C=O) groups is 1. The second kappa shape index (κ2) is 11.9. The van der Waals surface area contributed by atoms with E-state index in [1.54, 1.807) is 16.8 Å². The van der Waals surface area contributed by atoms with Crippen molar-refractivity contribution in [1.82, 2.24) is 25.1 Å². The summed E-state index contributed by atoms with van der Waals surface area (Å²) in [5, 5.41) is 13.7. The molecule has 1 aliphatic rings. The molecule has 0 aliphatic heterocycles. The van der Waals surface area contributed by atoms with E-state index in [4.69, 9.17) is 38.3 Å². The van der Waals surface area contributed by atoms with Gasteiger partial charge < -0.3 is 15.5 Å². The molecule has 216 valence electrons. The molecule has 0 atom stereocenters. The maximum absolute atomic E-state index is 13.5. The molecule has 1 saturated carbocycles. The molecule has 2 aromatic carbocycles. The zero-order valence-corrected chi connectivity index (χ0v) is 25.7. The number of halogens is 2. The zero-order chi connectivity index (χ0) is 29.3. The van der Waals surface area contributed by atoms with Gasteiger partial charge in [0.15, 0.2) is 0 Å². The van der Waals surface area contributed by atoms with Crippen LogP contribution < -0.4 is 15.5 Å². The molecular weight excluding hydrogens is 557 g/mol. The molecule has 1 fully saturated rings. The van der Waals surface area contributed by atoms with Gasteiger partial charge in [0, 0.05) is 47.0 Å². The Bertz CT molecular complexity index is 1550. The Balaban J connectivity index is 1.25. The number of anilines is 2. The number of hydrogen-bond donors (Lipinski definition) is 2. The van der Waals surface area contributed by atoms with Crippen molar-refractivity contribution in [2.75, 3.05) is 24.3 Å². The van der Waals surface area contributed by atoms with Crippen molar-refractivity contribution in [1.29, 1.82) is 0 Å². The van der Waals surface area contributed by atoms with E-state index in [0.29, 0.717) is 28.2 Å². The fourth-order valence-electron chi connectivity index (χ4n) is 5.19. The molecule has 2 heterocycles. The van der Waals surface area contributed by atoms with Crippen LogP contribution >= 0.6 is 23.2 Å². The predicted molar refractivity (Wildman–Crippen MR) is 167 cm³/mol. The third-order valence-corrected chi connectivity index (χ3v) is 8.11. The van der Waals surface area contributed by atoms with Crippen LogP contribution in [-0.4, -0.2) is 51.8 Å². The molecule has 0 spiro atoms. The zero-order valence-electron chi connectivity index (χ0n) is 24.2. The molecule has 41 heavy (non-hydrogen) atoms. The number of rotatable bonds is 7. The molecule has 2 N–H and O–H groups in total. The van der Waals surface area contributed by atoms with Crippen molar-refractivity contribution in [2.45, 2.75) is 70.5 Å². The van der Waals surface area contributed by atoms with Gasteiger partial charge in [-0.3, -0.25) is 9.48 Å². The Morgan fingerprint density at radius 3 is 2.39 bits per heavy atom. The molecule has 5 rings (SSSR count). The van der Waals surface area contributed by atoms with Crippen molar-refractivity contribution in [3.8, 4) is 0 Å². The number of carbonyl (C=O) groups excluding carboxylic acids is 1. The van der Waals surface area contributed by atoms with Gasteiger partial charge in [-0.1, -0.05) is 62.2 Å². The maximum atomic E-state index is 13.5. The highest BCUT2D eigenvalue weighted by Crippen LogP contribution is 2.28. The van der Waals surface area contributed by atoms with Crippen LogP contribution in [0.15, 0.2) is 48.5 Å². The normalized spacial score (nSPS) is 17.4. The Morgan fingerprint density at radius 1 is 1.00 bits per heavy atom. The van der Waals surface area contributed by atoms with Crippen molar-refractivity contribution >= 4 is 51.8 Å². The van der Waals surface area contributed by atoms with Crippen molar-refractivity contribution in [3.63, 3.8) is 0 Å². The Kier molecular flexibility index (Phi) is 8.43. The van der Waals surface area contributed by atoms with Crippen molar-refractivity contribution < 1.29 is 4.79 Å². The number of nitrogens with zero attached hydrogens (tertiary/aromatic N) is 5. The molecule has 0 saturated heterocycles. The van der Waals surface area contributed by atoms with E-state index >= 15 is 0 Å². The fourth-order valence-corrected chi connectivity index (χ4v) is 5.66. The van der Waals surface area contributed by atoms with Crippen LogP contribution in [0.1, 0.15) is 68.2 Å². The molecule has 1 aliphatic carbocycles. The number of para-hydroxylation sites is 1. The van der Waals surface area contributed by atoms with Gasteiger partial charge in [0.1, 0.15) is 11.5 Å². The summed E-state index contributed by atoms with van der Waals surface area (Å²) in [7, 11) is 3.99. The largest absolute Gasteiger partial charge is 0.362 e. The van der Waals surface area contributed by atoms with Gasteiger partial charge in [-0.15, -0.1) is 0 Å². The van der Waals surface area contributed by atoms with E-state index in [1.165, 1.54) is 0 Å². The molecule has 8 nitrogen and oxygen atoms in total. The van der Waals surface area contributed by atoms with E-state index in [0.717, 1.165) is 53.7 Å². The lowest BCUT2D eigenvalue weighted by Crippen LogP contribution is -2.41. The number of hydrogen-bond acceptors (Lipinski definition) is 6. The van der Waals surface area contributed by atoms with Gasteiger partial charge in [-0.05, 0) is 61.6 Å². The lowest BCUT2D eigenvalue weighted by atomic mass is 9.91. The van der Waals surface area contributed by atoms with Crippen LogP contribution in [0.2, 0.25) is 10.0 Å². The second-order valence-corrected chi connectivity index (χ2v) is 12.9. The molecule has 4 aromatic rings. The van der Waals surface area contributed by atoms with Gasteiger partial charge in [-0.25, -0.2) is 4.98 Å². The van der Waals surface area contributed by atoms with Gasteiger partial charge in [0.25, 0.3) is 5.91 Å². The van der Waals surface area contributed by atoms with E-state index in [-0.39, 0.29) is 23.4 Å². The van der Waals surface area contributed by atoms with Crippen LogP contribution in [0.5, 0.6) is 0 Å². The summed E-state index contributed by atoms with van der Waals surface area (Å²) in [6.45, 7) is 6.65. The smallest absolute Gasteiger partial charge is 0.269 e. The lowest BCUT2D eigenvalue weighted by molar-refractivity contribution is 0.0916. The van der Waals surface area contributed by atoms with Crippen molar-refractivity contribution in [3.05, 3.63) is 75.5 Å². The van der Waals surface area contributed by atoms with Gasteiger partial charge in [0.05, 0.1) is 17.8 Å². The summed E-state index contributed by atoms with van der Waals surface area (Å²) >= 11 is 12.5. The first-order valence-corrected chi connectivity index (χ1v) is 14.8. The van der Waals surface area contributed by atoms with E-state index in [9.17, 15) is 4.79 Å². The van der Waals surface area contributed by atoms with Crippen LogP contribution in [0, 0.1) is 0 Å². The molecule has 0 unspecified atom stereocenters. The third-order valence-electron chi connectivity index (χ3n) is 7.52. The molecular formula is C31H37Cl2N7O. The van der Waals surface area contributed by atoms with Crippen LogP contribution in [0.4, 0.5) is 11.8 Å². The monoisotopic (exact) mass is 593 g/mol. The minimum Gasteiger partial charge on any atom is -0.362 e. The molecule has 2 aromatic heterocycles. The quantitative estimate of drug-likeness (QED) is 0.248. The Labute approximate surface area is 251 Å². The summed E-state index contributed by atoms with van der Waals surface area (Å²) in [5.74, 6) is 1.41. The third kappa shape index (κ3) is 6.76. The van der Waals surface area contributed by atoms with Crippen LogP contribution in [-0.2, 0) is 12.0 Å². The maximum Gasteiger partial charge on any atom is 0.269 e. The first-order valence-electron chi connectivity index (χ1n) is 14.0. The van der Waals surface area contributed by atoms with Crippen LogP contribution in [0.3, 0.4) is 0 Å². The Morgan fingerprint density at radius 2 is 1.71 bits per heavy atom. The van der Waals surface area contributed by atoms with Crippen molar-refractivity contribution in [2.24, 2.45) is 0 Å². The average Bonchev–Trinajstić information content (AvgIpc) is 3.36.